The number of hydrogen-bond donors (Lipinski definition) is 1. The lowest BCUT2D eigenvalue weighted by Gasteiger charge is -2.22. The zero-order chi connectivity index (χ0) is 19.8. The molecule has 0 aromatic heterocycles. The Hall–Kier alpha value is -2.51. The summed E-state index contributed by atoms with van der Waals surface area (Å²) in [4.78, 5) is 40.2. The smallest absolute Gasteiger partial charge is 0.324 e. The number of carbonyl (C=O) groups is 3. The first-order valence-electron chi connectivity index (χ1n) is 9.14. The number of benzene rings is 2. The number of fused-ring (bicyclic) bond motifs is 1. The van der Waals surface area contributed by atoms with Gasteiger partial charge in [-0.2, -0.15) is 0 Å². The van der Waals surface area contributed by atoms with Gasteiger partial charge in [0, 0.05) is 10.5 Å². The molecule has 2 fully saturated rings. The van der Waals surface area contributed by atoms with Crippen molar-refractivity contribution in [1.82, 2.24) is 5.32 Å². The quantitative estimate of drug-likeness (QED) is 0.581. The molecule has 28 heavy (non-hydrogen) atoms. The molecule has 4 atom stereocenters. The molecule has 0 aliphatic carbocycles. The van der Waals surface area contributed by atoms with Crippen LogP contribution in [0.3, 0.4) is 0 Å². The molecule has 0 saturated carbocycles. The lowest BCUT2D eigenvalue weighted by Crippen LogP contribution is -2.44. The third-order valence-electron chi connectivity index (χ3n) is 5.26. The summed E-state index contributed by atoms with van der Waals surface area (Å²) in [5.74, 6) is -2.63. The van der Waals surface area contributed by atoms with E-state index in [2.05, 4.69) is 21.2 Å². The molecule has 1 N–H and O–H groups in total. The minimum absolute atomic E-state index is 0.211. The van der Waals surface area contributed by atoms with E-state index in [9.17, 15) is 14.4 Å². The largest absolute Gasteiger partial charge is 0.465 e. The fourth-order valence-electron chi connectivity index (χ4n) is 4.07. The molecule has 4 rings (SSSR count). The lowest BCUT2D eigenvalue weighted by molar-refractivity contribution is -0.148. The summed E-state index contributed by atoms with van der Waals surface area (Å²) in [6, 6.07) is 15.1. The highest BCUT2D eigenvalue weighted by Gasteiger charge is 2.61. The van der Waals surface area contributed by atoms with Crippen LogP contribution in [0.25, 0.3) is 0 Å². The van der Waals surface area contributed by atoms with Gasteiger partial charge in [-0.05, 0) is 36.8 Å². The average molecular weight is 443 g/mol. The van der Waals surface area contributed by atoms with Crippen LogP contribution in [0.15, 0.2) is 59.1 Å². The fraction of sp³-hybridized carbons (Fsp3) is 0.286. The molecule has 2 aromatic carbocycles. The van der Waals surface area contributed by atoms with Crippen LogP contribution in [-0.2, 0) is 19.1 Å². The molecule has 7 heteroatoms. The average Bonchev–Trinajstić information content (AvgIpc) is 3.21. The Morgan fingerprint density at radius 3 is 2.32 bits per heavy atom. The first-order valence-corrected chi connectivity index (χ1v) is 9.93. The summed E-state index contributed by atoms with van der Waals surface area (Å²) in [5.41, 5.74) is 1.37. The Morgan fingerprint density at radius 2 is 1.68 bits per heavy atom. The van der Waals surface area contributed by atoms with Crippen molar-refractivity contribution < 1.29 is 19.1 Å². The molecular formula is C21H19BrN2O4. The molecule has 0 bridgehead atoms. The lowest BCUT2D eigenvalue weighted by atomic mass is 9.86. The van der Waals surface area contributed by atoms with Gasteiger partial charge in [0.15, 0.2) is 0 Å². The van der Waals surface area contributed by atoms with Gasteiger partial charge >= 0.3 is 5.97 Å². The molecule has 0 radical (unpaired) electrons. The third kappa shape index (κ3) is 3.04. The number of ether oxygens (including phenoxy) is 1. The number of halogens is 1. The van der Waals surface area contributed by atoms with Crippen molar-refractivity contribution in [1.29, 1.82) is 0 Å². The van der Waals surface area contributed by atoms with Crippen LogP contribution in [0.1, 0.15) is 18.5 Å². The van der Waals surface area contributed by atoms with Crippen molar-refractivity contribution in [3.8, 4) is 0 Å². The van der Waals surface area contributed by atoms with Gasteiger partial charge in [0.1, 0.15) is 6.04 Å². The number of imide groups is 1. The standard InChI is InChI=1S/C21H19BrN2O4/c1-2-28-21(27)18-16-15(17(23-18)12-6-4-3-5-7-12)19(25)24(20(16)26)14-10-8-13(22)9-11-14/h3-11,15-18,23H,2H2,1H3/t15-,16-,17-,18-/m1/s1. The normalized spacial score (nSPS) is 26.4. The minimum atomic E-state index is -0.855. The van der Waals surface area contributed by atoms with Crippen LogP contribution in [0.4, 0.5) is 5.69 Å². The molecule has 144 valence electrons. The second kappa shape index (κ2) is 7.48. The number of carbonyl (C=O) groups excluding carboxylic acids is 3. The van der Waals surface area contributed by atoms with E-state index in [0.29, 0.717) is 5.69 Å². The van der Waals surface area contributed by atoms with E-state index in [1.807, 2.05) is 30.3 Å². The van der Waals surface area contributed by atoms with Gasteiger partial charge in [-0.1, -0.05) is 46.3 Å². The van der Waals surface area contributed by atoms with E-state index < -0.39 is 29.9 Å². The van der Waals surface area contributed by atoms with Crippen LogP contribution in [0.2, 0.25) is 0 Å². The number of nitrogens with zero attached hydrogens (tertiary/aromatic N) is 1. The second-order valence-electron chi connectivity index (χ2n) is 6.82. The van der Waals surface area contributed by atoms with Crippen molar-refractivity contribution in [3.05, 3.63) is 64.6 Å². The van der Waals surface area contributed by atoms with E-state index in [1.54, 1.807) is 31.2 Å². The van der Waals surface area contributed by atoms with Crippen LogP contribution < -0.4 is 10.2 Å². The highest BCUT2D eigenvalue weighted by atomic mass is 79.9. The van der Waals surface area contributed by atoms with Crippen molar-refractivity contribution >= 4 is 39.4 Å². The van der Waals surface area contributed by atoms with Gasteiger partial charge in [-0.3, -0.25) is 19.7 Å². The zero-order valence-electron chi connectivity index (χ0n) is 15.2. The molecular weight excluding hydrogens is 424 g/mol. The number of esters is 1. The summed E-state index contributed by atoms with van der Waals surface area (Å²) in [5, 5.41) is 3.19. The maximum atomic E-state index is 13.3. The molecule has 2 saturated heterocycles. The van der Waals surface area contributed by atoms with E-state index in [1.165, 1.54) is 4.90 Å². The maximum absolute atomic E-state index is 13.3. The van der Waals surface area contributed by atoms with Crippen molar-refractivity contribution in [2.45, 2.75) is 19.0 Å². The SMILES string of the molecule is CCOC(=O)[C@@H]1N[C@H](c2ccccc2)[C@@H]2C(=O)N(c3ccc(Br)cc3)C(=O)[C@H]21. The molecule has 2 amide bonds. The summed E-state index contributed by atoms with van der Waals surface area (Å²) < 4.78 is 6.02. The molecule has 6 nitrogen and oxygen atoms in total. The van der Waals surface area contributed by atoms with Crippen molar-refractivity contribution in [3.63, 3.8) is 0 Å². The summed E-state index contributed by atoms with van der Waals surface area (Å²) >= 11 is 3.36. The van der Waals surface area contributed by atoms with E-state index in [0.717, 1.165) is 10.0 Å². The predicted octanol–water partition coefficient (Wildman–Crippen LogP) is 2.83. The van der Waals surface area contributed by atoms with E-state index in [4.69, 9.17) is 4.74 Å². The topological polar surface area (TPSA) is 75.7 Å². The summed E-state index contributed by atoms with van der Waals surface area (Å²) in [6.07, 6.45) is 0. The van der Waals surface area contributed by atoms with Crippen molar-refractivity contribution in [2.75, 3.05) is 11.5 Å². The van der Waals surface area contributed by atoms with Gasteiger partial charge in [-0.15, -0.1) is 0 Å². The highest BCUT2D eigenvalue weighted by molar-refractivity contribution is 9.10. The van der Waals surface area contributed by atoms with Crippen LogP contribution >= 0.6 is 15.9 Å². The Bertz CT molecular complexity index is 916. The zero-order valence-corrected chi connectivity index (χ0v) is 16.8. The maximum Gasteiger partial charge on any atom is 0.324 e. The number of hydrogen-bond acceptors (Lipinski definition) is 5. The Labute approximate surface area is 171 Å². The first-order chi connectivity index (χ1) is 13.5. The van der Waals surface area contributed by atoms with Crippen LogP contribution in [0.5, 0.6) is 0 Å². The molecule has 0 unspecified atom stereocenters. The van der Waals surface area contributed by atoms with Gasteiger partial charge in [0.05, 0.1) is 24.1 Å². The second-order valence-corrected chi connectivity index (χ2v) is 7.74. The number of rotatable bonds is 4. The van der Waals surface area contributed by atoms with Gasteiger partial charge in [0.2, 0.25) is 11.8 Å². The highest BCUT2D eigenvalue weighted by Crippen LogP contribution is 2.45. The molecule has 2 aliphatic rings. The van der Waals surface area contributed by atoms with Gasteiger partial charge < -0.3 is 4.74 Å². The van der Waals surface area contributed by atoms with Crippen LogP contribution in [0, 0.1) is 11.8 Å². The van der Waals surface area contributed by atoms with Crippen molar-refractivity contribution in [2.24, 2.45) is 11.8 Å². The Balaban J connectivity index is 1.75. The van der Waals surface area contributed by atoms with E-state index >= 15 is 0 Å². The number of nitrogens with one attached hydrogen (secondary N) is 1. The minimum Gasteiger partial charge on any atom is -0.465 e. The summed E-state index contributed by atoms with van der Waals surface area (Å²) in [7, 11) is 0. The van der Waals surface area contributed by atoms with Crippen LogP contribution in [-0.4, -0.2) is 30.4 Å². The monoisotopic (exact) mass is 442 g/mol. The van der Waals surface area contributed by atoms with E-state index in [-0.39, 0.29) is 18.4 Å². The van der Waals surface area contributed by atoms with Gasteiger partial charge in [0.25, 0.3) is 0 Å². The molecule has 2 aromatic rings. The predicted molar refractivity (Wildman–Crippen MR) is 106 cm³/mol. The summed E-state index contributed by atoms with van der Waals surface area (Å²) in [6.45, 7) is 1.93. The Morgan fingerprint density at radius 1 is 1.04 bits per heavy atom. The molecule has 0 spiro atoms. The van der Waals surface area contributed by atoms with Gasteiger partial charge in [-0.25, -0.2) is 4.90 Å². The molecule has 2 heterocycles. The fourth-order valence-corrected chi connectivity index (χ4v) is 4.33. The number of anilines is 1. The number of amides is 2. The first kappa shape index (κ1) is 18.8. The Kier molecular flexibility index (Phi) is 5.03. The third-order valence-corrected chi connectivity index (χ3v) is 5.79. The molecule has 2 aliphatic heterocycles.